The minimum Gasteiger partial charge on any atom is -0.493 e. The summed E-state index contributed by atoms with van der Waals surface area (Å²) in [5.41, 5.74) is 8.11. The van der Waals surface area contributed by atoms with Crippen LogP contribution in [0.3, 0.4) is 0 Å². The van der Waals surface area contributed by atoms with E-state index in [4.69, 9.17) is 15.2 Å². The first-order valence-electron chi connectivity index (χ1n) is 5.77. The molecule has 88 valence electrons. The van der Waals surface area contributed by atoms with E-state index < -0.39 is 0 Å². The van der Waals surface area contributed by atoms with E-state index in [0.29, 0.717) is 11.7 Å². The van der Waals surface area contributed by atoms with Crippen molar-refractivity contribution in [3.63, 3.8) is 0 Å². The molecule has 0 saturated heterocycles. The summed E-state index contributed by atoms with van der Waals surface area (Å²) in [4.78, 5) is 0. The van der Waals surface area contributed by atoms with Crippen LogP contribution in [0.2, 0.25) is 0 Å². The number of nitrogens with two attached hydrogens (primary N) is 1. The van der Waals surface area contributed by atoms with Crippen LogP contribution in [0.5, 0.6) is 11.5 Å². The summed E-state index contributed by atoms with van der Waals surface area (Å²) in [6.07, 6.45) is 5.08. The second-order valence-electron chi connectivity index (χ2n) is 4.32. The van der Waals surface area contributed by atoms with Gasteiger partial charge in [-0.25, -0.2) is 0 Å². The molecule has 1 aliphatic carbocycles. The van der Waals surface area contributed by atoms with E-state index in [-0.39, 0.29) is 0 Å². The lowest BCUT2D eigenvalue weighted by Crippen LogP contribution is -2.01. The van der Waals surface area contributed by atoms with Crippen molar-refractivity contribution in [3.05, 3.63) is 17.7 Å². The summed E-state index contributed by atoms with van der Waals surface area (Å²) in [6, 6.07) is 3.90. The standard InChI is InChI=1S/C13H19NO2/c1-15-12-7-10(9-5-3-4-6-9)11(14)8-13(12)16-2/h7-9H,3-6,14H2,1-2H3. The number of methoxy groups -OCH3 is 2. The van der Waals surface area contributed by atoms with Gasteiger partial charge in [0.15, 0.2) is 11.5 Å². The van der Waals surface area contributed by atoms with E-state index in [0.717, 1.165) is 11.4 Å². The van der Waals surface area contributed by atoms with Crippen LogP contribution in [0.4, 0.5) is 5.69 Å². The molecule has 0 atom stereocenters. The summed E-state index contributed by atoms with van der Waals surface area (Å²) in [5.74, 6) is 2.08. The molecule has 0 bridgehead atoms. The Morgan fingerprint density at radius 2 is 1.62 bits per heavy atom. The van der Waals surface area contributed by atoms with Gasteiger partial charge >= 0.3 is 0 Å². The quantitative estimate of drug-likeness (QED) is 0.798. The molecule has 2 rings (SSSR count). The Morgan fingerprint density at radius 1 is 1.06 bits per heavy atom. The van der Waals surface area contributed by atoms with Crippen molar-refractivity contribution in [2.45, 2.75) is 31.6 Å². The van der Waals surface area contributed by atoms with Gasteiger partial charge < -0.3 is 15.2 Å². The molecule has 2 N–H and O–H groups in total. The minimum atomic E-state index is 0.597. The molecule has 1 saturated carbocycles. The normalized spacial score (nSPS) is 16.4. The summed E-state index contributed by atoms with van der Waals surface area (Å²) in [5, 5.41) is 0. The van der Waals surface area contributed by atoms with Crippen molar-refractivity contribution in [2.24, 2.45) is 0 Å². The highest BCUT2D eigenvalue weighted by Gasteiger charge is 2.21. The van der Waals surface area contributed by atoms with Crippen LogP contribution in [0, 0.1) is 0 Å². The van der Waals surface area contributed by atoms with E-state index in [1.807, 2.05) is 12.1 Å². The number of ether oxygens (including phenoxy) is 2. The molecule has 1 fully saturated rings. The third kappa shape index (κ3) is 1.94. The number of anilines is 1. The second-order valence-corrected chi connectivity index (χ2v) is 4.32. The van der Waals surface area contributed by atoms with Crippen molar-refractivity contribution in [2.75, 3.05) is 20.0 Å². The summed E-state index contributed by atoms with van der Waals surface area (Å²) in [7, 11) is 3.29. The fourth-order valence-corrected chi connectivity index (χ4v) is 2.50. The van der Waals surface area contributed by atoms with Gasteiger partial charge in [-0.15, -0.1) is 0 Å². The number of hydrogen-bond acceptors (Lipinski definition) is 3. The largest absolute Gasteiger partial charge is 0.493 e. The van der Waals surface area contributed by atoms with E-state index in [2.05, 4.69) is 0 Å². The predicted molar refractivity (Wildman–Crippen MR) is 65.2 cm³/mol. The molecule has 0 radical (unpaired) electrons. The molecule has 1 aliphatic rings. The SMILES string of the molecule is COc1cc(N)c(C2CCCC2)cc1OC. The first kappa shape index (κ1) is 11.1. The summed E-state index contributed by atoms with van der Waals surface area (Å²) >= 11 is 0. The highest BCUT2D eigenvalue weighted by Crippen LogP contribution is 2.41. The van der Waals surface area contributed by atoms with Gasteiger partial charge in [-0.1, -0.05) is 12.8 Å². The maximum atomic E-state index is 6.06. The second kappa shape index (κ2) is 4.64. The Labute approximate surface area is 96.5 Å². The molecule has 3 heteroatoms. The molecular formula is C13H19NO2. The summed E-state index contributed by atoms with van der Waals surface area (Å²) < 4.78 is 10.5. The van der Waals surface area contributed by atoms with Crippen LogP contribution < -0.4 is 15.2 Å². The molecule has 16 heavy (non-hydrogen) atoms. The van der Waals surface area contributed by atoms with Gasteiger partial charge in [-0.2, -0.15) is 0 Å². The Hall–Kier alpha value is -1.38. The van der Waals surface area contributed by atoms with Crippen LogP contribution in [0.15, 0.2) is 12.1 Å². The fraction of sp³-hybridized carbons (Fsp3) is 0.538. The van der Waals surface area contributed by atoms with Crippen LogP contribution in [0.1, 0.15) is 37.2 Å². The van der Waals surface area contributed by atoms with Gasteiger partial charge in [0.25, 0.3) is 0 Å². The maximum absolute atomic E-state index is 6.06. The van der Waals surface area contributed by atoms with Crippen LogP contribution in [0.25, 0.3) is 0 Å². The third-order valence-corrected chi connectivity index (χ3v) is 3.38. The lowest BCUT2D eigenvalue weighted by molar-refractivity contribution is 0.354. The molecule has 0 aromatic heterocycles. The lowest BCUT2D eigenvalue weighted by atomic mass is 9.95. The van der Waals surface area contributed by atoms with Crippen molar-refractivity contribution in [1.29, 1.82) is 0 Å². The van der Waals surface area contributed by atoms with Crippen molar-refractivity contribution < 1.29 is 9.47 Å². The number of rotatable bonds is 3. The van der Waals surface area contributed by atoms with Gasteiger partial charge in [-0.3, -0.25) is 0 Å². The first-order chi connectivity index (χ1) is 7.76. The number of hydrogen-bond donors (Lipinski definition) is 1. The van der Waals surface area contributed by atoms with Crippen LogP contribution >= 0.6 is 0 Å². The zero-order valence-electron chi connectivity index (χ0n) is 9.95. The van der Waals surface area contributed by atoms with Crippen LogP contribution in [-0.2, 0) is 0 Å². The van der Waals surface area contributed by atoms with E-state index in [9.17, 15) is 0 Å². The molecular weight excluding hydrogens is 202 g/mol. The monoisotopic (exact) mass is 221 g/mol. The Balaban J connectivity index is 2.37. The molecule has 0 amide bonds. The smallest absolute Gasteiger partial charge is 0.162 e. The van der Waals surface area contributed by atoms with Gasteiger partial charge in [-0.05, 0) is 30.4 Å². The molecule has 0 heterocycles. The average Bonchev–Trinajstić information content (AvgIpc) is 2.82. The first-order valence-corrected chi connectivity index (χ1v) is 5.77. The van der Waals surface area contributed by atoms with Gasteiger partial charge in [0.2, 0.25) is 0 Å². The summed E-state index contributed by atoms with van der Waals surface area (Å²) in [6.45, 7) is 0. The van der Waals surface area contributed by atoms with E-state index in [1.165, 1.54) is 31.2 Å². The third-order valence-electron chi connectivity index (χ3n) is 3.38. The topological polar surface area (TPSA) is 44.5 Å². The molecule has 0 unspecified atom stereocenters. The number of benzene rings is 1. The van der Waals surface area contributed by atoms with Gasteiger partial charge in [0.05, 0.1) is 14.2 Å². The highest BCUT2D eigenvalue weighted by atomic mass is 16.5. The van der Waals surface area contributed by atoms with Gasteiger partial charge in [0.1, 0.15) is 0 Å². The Bertz CT molecular complexity index is 370. The van der Waals surface area contributed by atoms with Crippen molar-refractivity contribution in [1.82, 2.24) is 0 Å². The van der Waals surface area contributed by atoms with E-state index in [1.54, 1.807) is 14.2 Å². The Morgan fingerprint density at radius 3 is 2.19 bits per heavy atom. The number of nitrogen functional groups attached to an aromatic ring is 1. The molecule has 3 nitrogen and oxygen atoms in total. The van der Waals surface area contributed by atoms with Crippen molar-refractivity contribution >= 4 is 5.69 Å². The fourth-order valence-electron chi connectivity index (χ4n) is 2.50. The van der Waals surface area contributed by atoms with Crippen molar-refractivity contribution in [3.8, 4) is 11.5 Å². The molecule has 0 spiro atoms. The predicted octanol–water partition coefficient (Wildman–Crippen LogP) is 2.94. The van der Waals surface area contributed by atoms with Crippen LogP contribution in [-0.4, -0.2) is 14.2 Å². The zero-order valence-corrected chi connectivity index (χ0v) is 9.95. The highest BCUT2D eigenvalue weighted by molar-refractivity contribution is 5.59. The van der Waals surface area contributed by atoms with E-state index >= 15 is 0 Å². The maximum Gasteiger partial charge on any atom is 0.162 e. The Kier molecular flexibility index (Phi) is 3.22. The molecule has 0 aliphatic heterocycles. The minimum absolute atomic E-state index is 0.597. The zero-order chi connectivity index (χ0) is 11.5. The van der Waals surface area contributed by atoms with Gasteiger partial charge in [0, 0.05) is 11.8 Å². The lowest BCUT2D eigenvalue weighted by Gasteiger charge is -2.16. The molecule has 1 aromatic rings. The molecule has 1 aromatic carbocycles. The average molecular weight is 221 g/mol.